The third kappa shape index (κ3) is 5.83. The van der Waals surface area contributed by atoms with E-state index in [-0.39, 0.29) is 6.61 Å². The third-order valence-corrected chi connectivity index (χ3v) is 3.43. The van der Waals surface area contributed by atoms with Gasteiger partial charge in [0.05, 0.1) is 13.2 Å². The van der Waals surface area contributed by atoms with Gasteiger partial charge in [-0.2, -0.15) is 0 Å². The highest BCUT2D eigenvalue weighted by molar-refractivity contribution is 5.51. The van der Waals surface area contributed by atoms with Gasteiger partial charge in [0.2, 0.25) is 0 Å². The van der Waals surface area contributed by atoms with E-state index in [9.17, 15) is 5.11 Å². The average Bonchev–Trinajstić information content (AvgIpc) is 2.45. The zero-order valence-electron chi connectivity index (χ0n) is 13.1. The van der Waals surface area contributed by atoms with Gasteiger partial charge in [-0.3, -0.25) is 0 Å². The maximum atomic E-state index is 9.40. The average molecular weight is 279 g/mol. The van der Waals surface area contributed by atoms with Crippen molar-refractivity contribution < 1.29 is 9.84 Å². The molecule has 20 heavy (non-hydrogen) atoms. The number of ether oxygens (including phenoxy) is 1. The lowest BCUT2D eigenvalue weighted by Crippen LogP contribution is -2.15. The minimum atomic E-state index is 0.00966. The summed E-state index contributed by atoms with van der Waals surface area (Å²) >= 11 is 0. The molecular weight excluding hydrogens is 250 g/mol. The van der Waals surface area contributed by atoms with E-state index in [0.29, 0.717) is 12.6 Å². The molecule has 0 amide bonds. The van der Waals surface area contributed by atoms with E-state index >= 15 is 0 Å². The van der Waals surface area contributed by atoms with Crippen molar-refractivity contribution in [3.8, 4) is 5.75 Å². The van der Waals surface area contributed by atoms with Crippen molar-refractivity contribution in [2.45, 2.75) is 65.5 Å². The molecule has 2 N–H and O–H groups in total. The molecule has 114 valence electrons. The van der Waals surface area contributed by atoms with Gasteiger partial charge in [0, 0.05) is 17.3 Å². The van der Waals surface area contributed by atoms with Crippen LogP contribution in [0, 0.1) is 0 Å². The molecule has 0 fully saturated rings. The number of nitrogens with one attached hydrogen (secondary N) is 1. The number of aliphatic hydroxyl groups excluding tert-OH is 1. The number of anilines is 1. The van der Waals surface area contributed by atoms with Crippen LogP contribution >= 0.6 is 0 Å². The standard InChI is InChI=1S/C17H29NO2/c1-4-6-7-8-9-14(3)18-16-10-11-17(20-5-2)15(12-16)13-19/h10-12,14,18-19H,4-9,13H2,1-3H3. The summed E-state index contributed by atoms with van der Waals surface area (Å²) in [5.41, 5.74) is 1.90. The fourth-order valence-electron chi connectivity index (χ4n) is 2.32. The molecule has 0 radical (unpaired) electrons. The first-order chi connectivity index (χ1) is 9.71. The van der Waals surface area contributed by atoms with Crippen LogP contribution in [0.2, 0.25) is 0 Å². The third-order valence-electron chi connectivity index (χ3n) is 3.43. The smallest absolute Gasteiger partial charge is 0.124 e. The van der Waals surface area contributed by atoms with Crippen LogP contribution in [0.1, 0.15) is 58.4 Å². The Bertz CT molecular complexity index is 379. The SMILES string of the molecule is CCCCCCC(C)Nc1ccc(OCC)c(CO)c1. The molecule has 1 aromatic rings. The second-order valence-corrected chi connectivity index (χ2v) is 5.31. The van der Waals surface area contributed by atoms with Gasteiger partial charge in [-0.1, -0.05) is 32.6 Å². The van der Waals surface area contributed by atoms with Crippen LogP contribution in [-0.2, 0) is 6.61 Å². The predicted octanol–water partition coefficient (Wildman–Crippen LogP) is 4.35. The lowest BCUT2D eigenvalue weighted by atomic mass is 10.1. The minimum Gasteiger partial charge on any atom is -0.494 e. The largest absolute Gasteiger partial charge is 0.494 e. The normalized spacial score (nSPS) is 12.2. The molecule has 0 aromatic heterocycles. The highest BCUT2D eigenvalue weighted by Crippen LogP contribution is 2.24. The Morgan fingerprint density at radius 2 is 2.00 bits per heavy atom. The maximum Gasteiger partial charge on any atom is 0.124 e. The number of rotatable bonds is 10. The Labute approximate surface area is 123 Å². The van der Waals surface area contributed by atoms with E-state index in [0.717, 1.165) is 17.0 Å². The molecule has 0 saturated carbocycles. The molecular formula is C17H29NO2. The molecule has 0 spiro atoms. The van der Waals surface area contributed by atoms with Crippen molar-refractivity contribution in [2.75, 3.05) is 11.9 Å². The first kappa shape index (κ1) is 16.8. The van der Waals surface area contributed by atoms with Crippen molar-refractivity contribution in [3.63, 3.8) is 0 Å². The Hall–Kier alpha value is -1.22. The molecule has 1 aromatic carbocycles. The van der Waals surface area contributed by atoms with Crippen LogP contribution in [0.15, 0.2) is 18.2 Å². The van der Waals surface area contributed by atoms with Crippen LogP contribution in [0.25, 0.3) is 0 Å². The molecule has 1 atom stereocenters. The fraction of sp³-hybridized carbons (Fsp3) is 0.647. The fourth-order valence-corrected chi connectivity index (χ4v) is 2.32. The summed E-state index contributed by atoms with van der Waals surface area (Å²) in [6, 6.07) is 6.39. The minimum absolute atomic E-state index is 0.00966. The summed E-state index contributed by atoms with van der Waals surface area (Å²) in [7, 11) is 0. The quantitative estimate of drug-likeness (QED) is 0.626. The lowest BCUT2D eigenvalue weighted by Gasteiger charge is -2.17. The van der Waals surface area contributed by atoms with E-state index in [4.69, 9.17) is 4.74 Å². The summed E-state index contributed by atoms with van der Waals surface area (Å²) < 4.78 is 5.49. The van der Waals surface area contributed by atoms with Gasteiger partial charge in [0.15, 0.2) is 0 Å². The van der Waals surface area contributed by atoms with Crippen LogP contribution in [-0.4, -0.2) is 17.8 Å². The molecule has 1 unspecified atom stereocenters. The van der Waals surface area contributed by atoms with Gasteiger partial charge in [-0.15, -0.1) is 0 Å². The molecule has 0 aliphatic rings. The Morgan fingerprint density at radius 3 is 2.65 bits per heavy atom. The van der Waals surface area contributed by atoms with Crippen molar-refractivity contribution in [1.82, 2.24) is 0 Å². The van der Waals surface area contributed by atoms with E-state index in [1.165, 1.54) is 32.1 Å². The highest BCUT2D eigenvalue weighted by atomic mass is 16.5. The van der Waals surface area contributed by atoms with E-state index < -0.39 is 0 Å². The molecule has 0 heterocycles. The first-order valence-corrected chi connectivity index (χ1v) is 7.84. The van der Waals surface area contributed by atoms with Gasteiger partial charge >= 0.3 is 0 Å². The summed E-state index contributed by atoms with van der Waals surface area (Å²) in [5, 5.41) is 12.9. The molecule has 0 aliphatic carbocycles. The molecule has 3 nitrogen and oxygen atoms in total. The summed E-state index contributed by atoms with van der Waals surface area (Å²) in [4.78, 5) is 0. The second-order valence-electron chi connectivity index (χ2n) is 5.31. The zero-order valence-corrected chi connectivity index (χ0v) is 13.1. The molecule has 0 saturated heterocycles. The summed E-state index contributed by atoms with van der Waals surface area (Å²) in [6.07, 6.45) is 6.37. The topological polar surface area (TPSA) is 41.5 Å². The van der Waals surface area contributed by atoms with E-state index in [1.54, 1.807) is 0 Å². The number of hydrogen-bond acceptors (Lipinski definition) is 3. The van der Waals surface area contributed by atoms with Crippen molar-refractivity contribution in [2.24, 2.45) is 0 Å². The van der Waals surface area contributed by atoms with Gasteiger partial charge in [-0.25, -0.2) is 0 Å². The van der Waals surface area contributed by atoms with Gasteiger partial charge in [-0.05, 0) is 38.5 Å². The summed E-state index contributed by atoms with van der Waals surface area (Å²) in [6.45, 7) is 7.02. The monoisotopic (exact) mass is 279 g/mol. The molecule has 1 rings (SSSR count). The zero-order chi connectivity index (χ0) is 14.8. The molecule has 0 bridgehead atoms. The van der Waals surface area contributed by atoms with Gasteiger partial charge in [0.25, 0.3) is 0 Å². The summed E-state index contributed by atoms with van der Waals surface area (Å²) in [5.74, 6) is 0.774. The van der Waals surface area contributed by atoms with Gasteiger partial charge in [0.1, 0.15) is 5.75 Å². The number of benzene rings is 1. The highest BCUT2D eigenvalue weighted by Gasteiger charge is 2.06. The van der Waals surface area contributed by atoms with Crippen LogP contribution in [0.4, 0.5) is 5.69 Å². The van der Waals surface area contributed by atoms with E-state index in [1.807, 2.05) is 25.1 Å². The number of aliphatic hydroxyl groups is 1. The maximum absolute atomic E-state index is 9.40. The molecule has 3 heteroatoms. The Kier molecular flexibility index (Phi) is 8.12. The van der Waals surface area contributed by atoms with Gasteiger partial charge < -0.3 is 15.2 Å². The predicted molar refractivity (Wildman–Crippen MR) is 85.4 cm³/mol. The lowest BCUT2D eigenvalue weighted by molar-refractivity contribution is 0.267. The van der Waals surface area contributed by atoms with Crippen LogP contribution < -0.4 is 10.1 Å². The Balaban J connectivity index is 2.50. The van der Waals surface area contributed by atoms with E-state index in [2.05, 4.69) is 19.2 Å². The number of hydrogen-bond donors (Lipinski definition) is 2. The van der Waals surface area contributed by atoms with Crippen molar-refractivity contribution in [3.05, 3.63) is 23.8 Å². The number of unbranched alkanes of at least 4 members (excludes halogenated alkanes) is 3. The second kappa shape index (κ2) is 9.65. The van der Waals surface area contributed by atoms with Crippen molar-refractivity contribution in [1.29, 1.82) is 0 Å². The van der Waals surface area contributed by atoms with Crippen LogP contribution in [0.3, 0.4) is 0 Å². The van der Waals surface area contributed by atoms with Crippen molar-refractivity contribution >= 4 is 5.69 Å². The van der Waals surface area contributed by atoms with Crippen LogP contribution in [0.5, 0.6) is 5.75 Å². The molecule has 0 aliphatic heterocycles. The Morgan fingerprint density at radius 1 is 1.20 bits per heavy atom. The first-order valence-electron chi connectivity index (χ1n) is 7.84.